The van der Waals surface area contributed by atoms with Gasteiger partial charge in [0.25, 0.3) is 0 Å². The van der Waals surface area contributed by atoms with E-state index in [4.69, 9.17) is 5.73 Å². The highest BCUT2D eigenvalue weighted by molar-refractivity contribution is 7.19. The molecule has 3 aromatic heterocycles. The topological polar surface area (TPSA) is 64.7 Å². The van der Waals surface area contributed by atoms with Gasteiger partial charge in [0.2, 0.25) is 0 Å². The first-order valence-corrected chi connectivity index (χ1v) is 9.11. The van der Waals surface area contributed by atoms with E-state index >= 15 is 0 Å². The molecule has 0 radical (unpaired) electrons. The summed E-state index contributed by atoms with van der Waals surface area (Å²) in [6.07, 6.45) is 4.16. The Kier molecular flexibility index (Phi) is 3.84. The van der Waals surface area contributed by atoms with Crippen molar-refractivity contribution in [2.75, 3.05) is 5.73 Å². The Balaban J connectivity index is 1.72. The zero-order chi connectivity index (χ0) is 16.5. The van der Waals surface area contributed by atoms with E-state index in [2.05, 4.69) is 39.2 Å². The van der Waals surface area contributed by atoms with Crippen LogP contribution in [0.2, 0.25) is 0 Å². The first-order chi connectivity index (χ1) is 11.7. The fourth-order valence-corrected chi connectivity index (χ4v) is 4.01. The summed E-state index contributed by atoms with van der Waals surface area (Å²) in [6.45, 7) is 1.96. The predicted octanol–water partition coefficient (Wildman–Crippen LogP) is 4.88. The maximum absolute atomic E-state index is 6.13. The number of nitrogens with zero attached hydrogens (tertiary/aromatic N) is 3. The normalized spacial score (nSPS) is 11.5. The number of nitrogen functional groups attached to an aromatic ring is 1. The lowest BCUT2D eigenvalue weighted by molar-refractivity contribution is 1.19. The molecule has 0 saturated heterocycles. The standard InChI is InChI=1S/C18H14N4S2/c1-11-10-23-18(20-11)16-21-15(19)14-9-13(24-17(14)22-16)8-7-12-5-3-2-4-6-12/h2-10H,1H3,(H2,19,21,22). The third-order valence-electron chi connectivity index (χ3n) is 3.49. The maximum atomic E-state index is 6.13. The van der Waals surface area contributed by atoms with Gasteiger partial charge in [0.1, 0.15) is 10.6 Å². The molecule has 0 saturated carbocycles. The minimum Gasteiger partial charge on any atom is -0.383 e. The van der Waals surface area contributed by atoms with Crippen molar-refractivity contribution in [1.29, 1.82) is 0 Å². The lowest BCUT2D eigenvalue weighted by atomic mass is 10.2. The molecule has 0 spiro atoms. The van der Waals surface area contributed by atoms with Gasteiger partial charge < -0.3 is 5.73 Å². The second-order valence-corrected chi connectivity index (χ2v) is 7.26. The van der Waals surface area contributed by atoms with Crippen LogP contribution in [-0.2, 0) is 0 Å². The van der Waals surface area contributed by atoms with E-state index < -0.39 is 0 Å². The summed E-state index contributed by atoms with van der Waals surface area (Å²) in [6, 6.07) is 12.2. The summed E-state index contributed by atoms with van der Waals surface area (Å²) in [5.74, 6) is 1.09. The average molecular weight is 350 g/mol. The van der Waals surface area contributed by atoms with Crippen LogP contribution in [-0.4, -0.2) is 15.0 Å². The average Bonchev–Trinajstić information content (AvgIpc) is 3.20. The largest absolute Gasteiger partial charge is 0.383 e. The smallest absolute Gasteiger partial charge is 0.192 e. The zero-order valence-corrected chi connectivity index (χ0v) is 14.6. The molecule has 0 unspecified atom stereocenters. The monoisotopic (exact) mass is 350 g/mol. The van der Waals surface area contributed by atoms with Crippen molar-refractivity contribution < 1.29 is 0 Å². The lowest BCUT2D eigenvalue weighted by Crippen LogP contribution is -1.95. The van der Waals surface area contributed by atoms with Gasteiger partial charge in [-0.15, -0.1) is 22.7 Å². The molecule has 1 aromatic carbocycles. The number of nitrogens with two attached hydrogens (primary N) is 1. The first-order valence-electron chi connectivity index (χ1n) is 7.42. The van der Waals surface area contributed by atoms with Crippen LogP contribution in [0.5, 0.6) is 0 Å². The van der Waals surface area contributed by atoms with Gasteiger partial charge in [0, 0.05) is 16.0 Å². The predicted molar refractivity (Wildman–Crippen MR) is 103 cm³/mol. The number of rotatable bonds is 3. The minimum atomic E-state index is 0.499. The number of anilines is 1. The number of hydrogen-bond acceptors (Lipinski definition) is 6. The molecule has 0 aliphatic rings. The Bertz CT molecular complexity index is 1030. The Morgan fingerprint density at radius 3 is 2.62 bits per heavy atom. The number of hydrogen-bond donors (Lipinski definition) is 1. The van der Waals surface area contributed by atoms with Crippen LogP contribution in [0.4, 0.5) is 5.82 Å². The molecule has 24 heavy (non-hydrogen) atoms. The van der Waals surface area contributed by atoms with Gasteiger partial charge in [-0.3, -0.25) is 0 Å². The molecule has 6 heteroatoms. The van der Waals surface area contributed by atoms with Gasteiger partial charge in [-0.1, -0.05) is 36.4 Å². The maximum Gasteiger partial charge on any atom is 0.192 e. The van der Waals surface area contributed by atoms with Gasteiger partial charge in [0.15, 0.2) is 10.8 Å². The van der Waals surface area contributed by atoms with E-state index in [1.807, 2.05) is 36.6 Å². The first kappa shape index (κ1) is 15.0. The number of aromatic nitrogens is 3. The molecule has 0 bridgehead atoms. The molecule has 0 fully saturated rings. The summed E-state index contributed by atoms with van der Waals surface area (Å²) < 4.78 is 0. The third-order valence-corrected chi connectivity index (χ3v) is 5.44. The molecule has 4 rings (SSSR count). The summed E-state index contributed by atoms with van der Waals surface area (Å²) in [5, 5.41) is 3.68. The van der Waals surface area contributed by atoms with Crippen LogP contribution in [0.3, 0.4) is 0 Å². The van der Waals surface area contributed by atoms with E-state index in [9.17, 15) is 0 Å². The molecule has 3 heterocycles. The highest BCUT2D eigenvalue weighted by atomic mass is 32.1. The van der Waals surface area contributed by atoms with E-state index in [1.165, 1.54) is 11.3 Å². The van der Waals surface area contributed by atoms with E-state index in [0.29, 0.717) is 11.6 Å². The third kappa shape index (κ3) is 2.93. The van der Waals surface area contributed by atoms with Crippen molar-refractivity contribution in [2.24, 2.45) is 0 Å². The Labute approximate surface area is 147 Å². The molecule has 118 valence electrons. The molecule has 2 N–H and O–H groups in total. The summed E-state index contributed by atoms with van der Waals surface area (Å²) in [5.41, 5.74) is 8.26. The van der Waals surface area contributed by atoms with Crippen molar-refractivity contribution in [2.45, 2.75) is 6.92 Å². The van der Waals surface area contributed by atoms with Crippen LogP contribution in [0.25, 0.3) is 33.2 Å². The zero-order valence-electron chi connectivity index (χ0n) is 12.9. The Hall–Kier alpha value is -2.57. The second-order valence-electron chi connectivity index (χ2n) is 5.34. The highest BCUT2D eigenvalue weighted by Gasteiger charge is 2.12. The van der Waals surface area contributed by atoms with Gasteiger partial charge >= 0.3 is 0 Å². The SMILES string of the molecule is Cc1csc(-c2nc(N)c3cc(C=Cc4ccccc4)sc3n2)n1. The van der Waals surface area contributed by atoms with Crippen LogP contribution in [0.15, 0.2) is 41.8 Å². The van der Waals surface area contributed by atoms with Crippen LogP contribution >= 0.6 is 22.7 Å². The van der Waals surface area contributed by atoms with Crippen molar-refractivity contribution in [3.8, 4) is 10.8 Å². The van der Waals surface area contributed by atoms with Gasteiger partial charge in [-0.05, 0) is 24.6 Å². The number of fused-ring (bicyclic) bond motifs is 1. The molecule has 0 aliphatic carbocycles. The fourth-order valence-electron chi connectivity index (χ4n) is 2.34. The number of aryl methyl sites for hydroxylation is 1. The van der Waals surface area contributed by atoms with Gasteiger partial charge in [-0.25, -0.2) is 15.0 Å². The van der Waals surface area contributed by atoms with E-state index in [1.54, 1.807) is 11.3 Å². The molecule has 0 aliphatic heterocycles. The fraction of sp³-hybridized carbons (Fsp3) is 0.0556. The van der Waals surface area contributed by atoms with Gasteiger partial charge in [-0.2, -0.15) is 0 Å². The van der Waals surface area contributed by atoms with Crippen molar-refractivity contribution in [1.82, 2.24) is 15.0 Å². The van der Waals surface area contributed by atoms with Crippen LogP contribution < -0.4 is 5.73 Å². The summed E-state index contributed by atoms with van der Waals surface area (Å²) in [4.78, 5) is 15.5. The lowest BCUT2D eigenvalue weighted by Gasteiger charge is -1.98. The van der Waals surface area contributed by atoms with Crippen molar-refractivity contribution in [3.05, 3.63) is 57.9 Å². The molecule has 4 aromatic rings. The van der Waals surface area contributed by atoms with Gasteiger partial charge in [0.05, 0.1) is 5.39 Å². The minimum absolute atomic E-state index is 0.499. The summed E-state index contributed by atoms with van der Waals surface area (Å²) >= 11 is 3.14. The Morgan fingerprint density at radius 1 is 1.04 bits per heavy atom. The molecular weight excluding hydrogens is 336 g/mol. The van der Waals surface area contributed by atoms with Crippen LogP contribution in [0.1, 0.15) is 16.1 Å². The molecule has 0 amide bonds. The molecule has 0 atom stereocenters. The number of benzene rings is 1. The molecule has 4 nitrogen and oxygen atoms in total. The number of thiazole rings is 1. The second kappa shape index (κ2) is 6.14. The highest BCUT2D eigenvalue weighted by Crippen LogP contribution is 2.31. The van der Waals surface area contributed by atoms with E-state index in [-0.39, 0.29) is 0 Å². The quantitative estimate of drug-likeness (QED) is 0.572. The Morgan fingerprint density at radius 2 is 1.88 bits per heavy atom. The van der Waals surface area contributed by atoms with Crippen molar-refractivity contribution >= 4 is 50.9 Å². The summed E-state index contributed by atoms with van der Waals surface area (Å²) in [7, 11) is 0. The van der Waals surface area contributed by atoms with Crippen molar-refractivity contribution in [3.63, 3.8) is 0 Å². The molecular formula is C18H14N4S2. The number of thiophene rings is 1. The van der Waals surface area contributed by atoms with Crippen LogP contribution in [0, 0.1) is 6.92 Å². The van der Waals surface area contributed by atoms with E-state index in [0.717, 1.165) is 31.4 Å².